The van der Waals surface area contributed by atoms with Gasteiger partial charge in [0.2, 0.25) is 0 Å². The van der Waals surface area contributed by atoms with E-state index >= 15 is 0 Å². The Kier molecular flexibility index (Phi) is 5.64. The van der Waals surface area contributed by atoms with E-state index < -0.39 is 11.0 Å². The van der Waals surface area contributed by atoms with Gasteiger partial charge < -0.3 is 10.0 Å². The molecule has 2 aromatic carbocycles. The number of H-pyrrole nitrogens is 1. The maximum absolute atomic E-state index is 11.5. The number of anilines is 2. The summed E-state index contributed by atoms with van der Waals surface area (Å²) in [4.78, 5) is 2.49. The highest BCUT2D eigenvalue weighted by molar-refractivity contribution is 7.85. The number of aryl methyl sites for hydroxylation is 1. The minimum Gasteiger partial charge on any atom is -0.381 e. The molecular weight excluding hydrogens is 370 g/mol. The number of likely N-dealkylation sites (tertiary alicyclic amines) is 1. The van der Waals surface area contributed by atoms with Crippen molar-refractivity contribution in [1.29, 1.82) is 0 Å². The van der Waals surface area contributed by atoms with Crippen molar-refractivity contribution in [1.82, 2.24) is 15.1 Å². The first-order valence-electron chi connectivity index (χ1n) is 9.68. The van der Waals surface area contributed by atoms with Gasteiger partial charge in [-0.15, -0.1) is 0 Å². The summed E-state index contributed by atoms with van der Waals surface area (Å²) in [6, 6.07) is 13.2. The smallest absolute Gasteiger partial charge is 0.113 e. The molecule has 0 bridgehead atoms. The second-order valence-corrected chi connectivity index (χ2v) is 8.71. The van der Waals surface area contributed by atoms with Crippen LogP contribution in [0.25, 0.3) is 10.9 Å². The number of piperidine rings is 1. The summed E-state index contributed by atoms with van der Waals surface area (Å²) < 4.78 is 14.6. The summed E-state index contributed by atoms with van der Waals surface area (Å²) in [5, 5.41) is 11.9. The number of rotatable bonds is 6. The minimum absolute atomic E-state index is 0.435. The molecule has 1 aliphatic rings. The quantitative estimate of drug-likeness (QED) is 0.594. The Labute approximate surface area is 168 Å². The lowest BCUT2D eigenvalue weighted by Gasteiger charge is -2.33. The molecule has 0 aliphatic carbocycles. The van der Waals surface area contributed by atoms with Crippen LogP contribution in [0, 0.1) is 6.92 Å². The zero-order valence-electron chi connectivity index (χ0n) is 16.4. The average Bonchev–Trinajstić information content (AvgIpc) is 3.12. The van der Waals surface area contributed by atoms with Gasteiger partial charge in [-0.25, -0.2) is 4.21 Å². The maximum atomic E-state index is 11.5. The van der Waals surface area contributed by atoms with Crippen LogP contribution in [0.4, 0.5) is 11.4 Å². The fraction of sp³-hybridized carbons (Fsp3) is 0.381. The highest BCUT2D eigenvalue weighted by atomic mass is 32.2. The van der Waals surface area contributed by atoms with Crippen LogP contribution in [0.3, 0.4) is 0 Å². The van der Waals surface area contributed by atoms with Crippen molar-refractivity contribution in [3.63, 3.8) is 0 Å². The molecule has 1 aromatic heterocycles. The first-order chi connectivity index (χ1) is 13.6. The van der Waals surface area contributed by atoms with E-state index in [0.717, 1.165) is 47.5 Å². The Morgan fingerprint density at radius 1 is 1.29 bits per heavy atom. The zero-order chi connectivity index (χ0) is 19.5. The van der Waals surface area contributed by atoms with Crippen LogP contribution in [0.2, 0.25) is 0 Å². The summed E-state index contributed by atoms with van der Waals surface area (Å²) in [5.74, 6) is 0. The van der Waals surface area contributed by atoms with E-state index in [1.165, 1.54) is 18.4 Å². The van der Waals surface area contributed by atoms with Crippen LogP contribution in [-0.4, -0.2) is 44.7 Å². The number of benzene rings is 2. The fourth-order valence-electron chi connectivity index (χ4n) is 3.88. The van der Waals surface area contributed by atoms with Crippen LogP contribution in [0.5, 0.6) is 0 Å². The topological polar surface area (TPSA) is 73.1 Å². The Hall–Kier alpha value is -2.38. The van der Waals surface area contributed by atoms with Crippen LogP contribution in [0.1, 0.15) is 24.0 Å². The number of aromatic amines is 1. The third kappa shape index (κ3) is 4.54. The molecule has 1 saturated heterocycles. The maximum Gasteiger partial charge on any atom is 0.113 e. The predicted octanol–water partition coefficient (Wildman–Crippen LogP) is 3.65. The van der Waals surface area contributed by atoms with Crippen molar-refractivity contribution in [2.75, 3.05) is 29.4 Å². The molecule has 1 fully saturated rings. The van der Waals surface area contributed by atoms with Gasteiger partial charge >= 0.3 is 0 Å². The molecule has 2 atom stereocenters. The third-order valence-electron chi connectivity index (χ3n) is 5.28. The van der Waals surface area contributed by atoms with E-state index in [0.29, 0.717) is 6.04 Å². The SMILES string of the molecule is Cc1ccc(CN2CCCC(Nc3ccc4[nH]ncc4c3)C2)cc1NS(C)=O. The molecule has 2 unspecified atom stereocenters. The van der Waals surface area contributed by atoms with Gasteiger partial charge in [0.15, 0.2) is 0 Å². The van der Waals surface area contributed by atoms with Crippen molar-refractivity contribution in [3.8, 4) is 0 Å². The molecule has 3 aromatic rings. The molecule has 1 aliphatic heterocycles. The molecule has 148 valence electrons. The van der Waals surface area contributed by atoms with Crippen LogP contribution in [-0.2, 0) is 17.5 Å². The first-order valence-corrected chi connectivity index (χ1v) is 11.2. The molecule has 7 heteroatoms. The van der Waals surface area contributed by atoms with Gasteiger partial charge in [-0.3, -0.25) is 10.00 Å². The van der Waals surface area contributed by atoms with E-state index in [1.807, 2.05) is 13.1 Å². The molecule has 3 N–H and O–H groups in total. The van der Waals surface area contributed by atoms with Crippen molar-refractivity contribution >= 4 is 33.3 Å². The van der Waals surface area contributed by atoms with E-state index in [4.69, 9.17) is 0 Å². The van der Waals surface area contributed by atoms with E-state index in [2.05, 4.69) is 61.5 Å². The molecular formula is C21H27N5OS. The Morgan fingerprint density at radius 2 is 2.18 bits per heavy atom. The molecule has 2 heterocycles. The Morgan fingerprint density at radius 3 is 3.04 bits per heavy atom. The number of hydrogen-bond donors (Lipinski definition) is 3. The van der Waals surface area contributed by atoms with Crippen LogP contribution >= 0.6 is 0 Å². The van der Waals surface area contributed by atoms with Crippen LogP contribution in [0.15, 0.2) is 42.6 Å². The predicted molar refractivity (Wildman–Crippen MR) is 117 cm³/mol. The van der Waals surface area contributed by atoms with E-state index in [1.54, 1.807) is 6.26 Å². The van der Waals surface area contributed by atoms with Crippen molar-refractivity contribution < 1.29 is 4.21 Å². The highest BCUT2D eigenvalue weighted by Crippen LogP contribution is 2.23. The lowest BCUT2D eigenvalue weighted by atomic mass is 10.0. The first kappa shape index (κ1) is 19.0. The lowest BCUT2D eigenvalue weighted by Crippen LogP contribution is -2.41. The monoisotopic (exact) mass is 397 g/mol. The largest absolute Gasteiger partial charge is 0.381 e. The molecule has 6 nitrogen and oxygen atoms in total. The fourth-order valence-corrected chi connectivity index (χ4v) is 4.41. The normalized spacial score (nSPS) is 18.9. The van der Waals surface area contributed by atoms with Gasteiger partial charge in [0.1, 0.15) is 11.0 Å². The third-order valence-corrected chi connectivity index (χ3v) is 5.79. The highest BCUT2D eigenvalue weighted by Gasteiger charge is 2.20. The Bertz CT molecular complexity index is 986. The Balaban J connectivity index is 1.40. The van der Waals surface area contributed by atoms with Gasteiger partial charge in [0.25, 0.3) is 0 Å². The van der Waals surface area contributed by atoms with Gasteiger partial charge in [0.05, 0.1) is 11.7 Å². The number of fused-ring (bicyclic) bond motifs is 1. The molecule has 0 spiro atoms. The number of aromatic nitrogens is 2. The summed E-state index contributed by atoms with van der Waals surface area (Å²) >= 11 is 0. The summed E-state index contributed by atoms with van der Waals surface area (Å²) in [7, 11) is -1.06. The number of nitrogens with one attached hydrogen (secondary N) is 3. The van der Waals surface area contributed by atoms with Crippen LogP contribution < -0.4 is 10.0 Å². The van der Waals surface area contributed by atoms with Gasteiger partial charge in [-0.05, 0) is 61.7 Å². The van der Waals surface area contributed by atoms with Gasteiger partial charge in [-0.2, -0.15) is 5.10 Å². The summed E-state index contributed by atoms with van der Waals surface area (Å²) in [5.41, 5.74) is 5.53. The van der Waals surface area contributed by atoms with Gasteiger partial charge in [0, 0.05) is 42.1 Å². The lowest BCUT2D eigenvalue weighted by molar-refractivity contribution is 0.208. The second kappa shape index (κ2) is 8.32. The molecule has 0 saturated carbocycles. The molecule has 28 heavy (non-hydrogen) atoms. The summed E-state index contributed by atoms with van der Waals surface area (Å²) in [6.45, 7) is 5.07. The summed E-state index contributed by atoms with van der Waals surface area (Å²) in [6.07, 6.45) is 5.88. The van der Waals surface area contributed by atoms with E-state index in [9.17, 15) is 4.21 Å². The zero-order valence-corrected chi connectivity index (χ0v) is 17.2. The van der Waals surface area contributed by atoms with Crippen molar-refractivity contribution in [2.24, 2.45) is 0 Å². The molecule has 4 rings (SSSR count). The number of hydrogen-bond acceptors (Lipinski definition) is 4. The second-order valence-electron chi connectivity index (χ2n) is 7.60. The van der Waals surface area contributed by atoms with Crippen molar-refractivity contribution in [3.05, 3.63) is 53.7 Å². The van der Waals surface area contributed by atoms with Gasteiger partial charge in [-0.1, -0.05) is 12.1 Å². The minimum atomic E-state index is -1.06. The average molecular weight is 398 g/mol. The standard InChI is InChI=1S/C21H27N5OS/c1-15-5-6-16(10-21(15)25-28(2)27)13-26-9-3-4-19(14-26)23-18-7-8-20-17(11-18)12-22-24-20/h5-8,10-12,19,23,25H,3-4,9,13-14H2,1-2H3,(H,22,24). The van der Waals surface area contributed by atoms with Crippen molar-refractivity contribution in [2.45, 2.75) is 32.4 Å². The molecule has 0 amide bonds. The molecule has 0 radical (unpaired) electrons. The number of nitrogens with zero attached hydrogens (tertiary/aromatic N) is 2. The van der Waals surface area contributed by atoms with E-state index in [-0.39, 0.29) is 0 Å².